The first-order valence-corrected chi connectivity index (χ1v) is 6.03. The zero-order valence-electron chi connectivity index (χ0n) is 11.0. The summed E-state index contributed by atoms with van der Waals surface area (Å²) in [5.41, 5.74) is 0. The van der Waals surface area contributed by atoms with E-state index in [0.717, 1.165) is 11.6 Å². The van der Waals surface area contributed by atoms with Gasteiger partial charge in [-0.2, -0.15) is 0 Å². The van der Waals surface area contributed by atoms with Crippen molar-refractivity contribution in [1.82, 2.24) is 14.9 Å². The number of carbonyl (C=O) groups excluding carboxylic acids is 1. The number of aromatic nitrogens is 2. The molecule has 2 rings (SSSR count). The summed E-state index contributed by atoms with van der Waals surface area (Å²) in [6.45, 7) is 0.491. The molecule has 1 unspecified atom stereocenters. The molecule has 0 aliphatic carbocycles. The van der Waals surface area contributed by atoms with Crippen LogP contribution in [0.3, 0.4) is 0 Å². The largest absolute Gasteiger partial charge is 0.469 e. The average molecular weight is 263 g/mol. The molecule has 0 bridgehead atoms. The first kappa shape index (κ1) is 13.4. The number of ether oxygens (including phenoxy) is 1. The highest BCUT2D eigenvalue weighted by atomic mass is 16.5. The Hall–Kier alpha value is -2.08. The van der Waals surface area contributed by atoms with Crippen LogP contribution in [0.4, 0.5) is 0 Å². The van der Waals surface area contributed by atoms with Crippen molar-refractivity contribution in [3.63, 3.8) is 0 Å². The van der Waals surface area contributed by atoms with Gasteiger partial charge in [0.1, 0.15) is 17.6 Å². The fourth-order valence-electron chi connectivity index (χ4n) is 1.85. The fourth-order valence-corrected chi connectivity index (χ4v) is 1.85. The van der Waals surface area contributed by atoms with Crippen LogP contribution in [0, 0.1) is 0 Å². The Morgan fingerprint density at radius 3 is 3.05 bits per heavy atom. The molecule has 0 aromatic carbocycles. The third kappa shape index (κ3) is 3.23. The summed E-state index contributed by atoms with van der Waals surface area (Å²) < 4.78 is 12.0. The van der Waals surface area contributed by atoms with Crippen LogP contribution < -0.4 is 5.32 Å². The van der Waals surface area contributed by atoms with Gasteiger partial charge in [-0.25, -0.2) is 4.98 Å². The molecule has 102 valence electrons. The Morgan fingerprint density at radius 1 is 1.63 bits per heavy atom. The zero-order chi connectivity index (χ0) is 13.7. The maximum Gasteiger partial charge on any atom is 0.306 e. The van der Waals surface area contributed by atoms with Crippen molar-refractivity contribution in [2.24, 2.45) is 7.05 Å². The highest BCUT2D eigenvalue weighted by molar-refractivity contribution is 5.69. The third-order valence-corrected chi connectivity index (χ3v) is 2.85. The van der Waals surface area contributed by atoms with E-state index in [1.165, 1.54) is 7.11 Å². The van der Waals surface area contributed by atoms with E-state index in [0.29, 0.717) is 13.0 Å². The second-order valence-electron chi connectivity index (χ2n) is 4.13. The van der Waals surface area contributed by atoms with Gasteiger partial charge in [-0.15, -0.1) is 0 Å². The van der Waals surface area contributed by atoms with Crippen LogP contribution in [0.2, 0.25) is 0 Å². The van der Waals surface area contributed by atoms with Gasteiger partial charge < -0.3 is 19.0 Å². The van der Waals surface area contributed by atoms with Gasteiger partial charge in [0.15, 0.2) is 0 Å². The lowest BCUT2D eigenvalue weighted by molar-refractivity contribution is -0.140. The van der Waals surface area contributed by atoms with Crippen LogP contribution in [-0.4, -0.2) is 29.2 Å². The van der Waals surface area contributed by atoms with Gasteiger partial charge in [-0.05, 0) is 12.1 Å². The van der Waals surface area contributed by atoms with Crippen molar-refractivity contribution >= 4 is 5.97 Å². The quantitative estimate of drug-likeness (QED) is 0.794. The molecular formula is C13H17N3O3. The highest BCUT2D eigenvalue weighted by Gasteiger charge is 2.20. The van der Waals surface area contributed by atoms with E-state index in [-0.39, 0.29) is 12.0 Å². The van der Waals surface area contributed by atoms with Crippen molar-refractivity contribution in [3.05, 3.63) is 42.4 Å². The van der Waals surface area contributed by atoms with E-state index in [1.807, 2.05) is 29.9 Å². The van der Waals surface area contributed by atoms with E-state index in [9.17, 15) is 4.79 Å². The second kappa shape index (κ2) is 6.19. The molecule has 1 atom stereocenters. The van der Waals surface area contributed by atoms with Gasteiger partial charge in [0.2, 0.25) is 0 Å². The lowest BCUT2D eigenvalue weighted by atomic mass is 10.2. The summed E-state index contributed by atoms with van der Waals surface area (Å²) >= 11 is 0. The number of nitrogens with one attached hydrogen (secondary N) is 1. The van der Waals surface area contributed by atoms with Gasteiger partial charge in [0.05, 0.1) is 19.8 Å². The first-order valence-electron chi connectivity index (χ1n) is 6.03. The molecule has 0 radical (unpaired) electrons. The predicted molar refractivity (Wildman–Crippen MR) is 68.4 cm³/mol. The van der Waals surface area contributed by atoms with Gasteiger partial charge in [0.25, 0.3) is 0 Å². The molecule has 0 spiro atoms. The Kier molecular flexibility index (Phi) is 4.35. The van der Waals surface area contributed by atoms with Crippen molar-refractivity contribution in [2.75, 3.05) is 13.7 Å². The van der Waals surface area contributed by atoms with Gasteiger partial charge in [0, 0.05) is 26.0 Å². The summed E-state index contributed by atoms with van der Waals surface area (Å²) in [7, 11) is 3.30. The average Bonchev–Trinajstić information content (AvgIpc) is 3.06. The van der Waals surface area contributed by atoms with Gasteiger partial charge in [-0.3, -0.25) is 4.79 Å². The molecule has 19 heavy (non-hydrogen) atoms. The van der Waals surface area contributed by atoms with Crippen molar-refractivity contribution in [3.8, 4) is 0 Å². The van der Waals surface area contributed by atoms with E-state index >= 15 is 0 Å². The van der Waals surface area contributed by atoms with E-state index in [1.54, 1.807) is 12.5 Å². The number of furan rings is 1. The zero-order valence-corrected chi connectivity index (χ0v) is 11.0. The smallest absolute Gasteiger partial charge is 0.306 e. The lowest BCUT2D eigenvalue weighted by Crippen LogP contribution is -2.27. The predicted octanol–water partition coefficient (Wildman–Crippen LogP) is 1.26. The second-order valence-corrected chi connectivity index (χ2v) is 4.13. The van der Waals surface area contributed by atoms with Crippen molar-refractivity contribution < 1.29 is 13.9 Å². The number of esters is 1. The summed E-state index contributed by atoms with van der Waals surface area (Å²) in [4.78, 5) is 15.4. The number of aryl methyl sites for hydroxylation is 1. The Bertz CT molecular complexity index is 519. The van der Waals surface area contributed by atoms with Crippen molar-refractivity contribution in [1.29, 1.82) is 0 Å². The molecule has 2 aromatic heterocycles. The highest BCUT2D eigenvalue weighted by Crippen LogP contribution is 2.20. The lowest BCUT2D eigenvalue weighted by Gasteiger charge is -2.16. The maximum absolute atomic E-state index is 11.1. The minimum absolute atomic E-state index is 0.181. The maximum atomic E-state index is 11.1. The summed E-state index contributed by atoms with van der Waals surface area (Å²) in [5, 5.41) is 3.25. The minimum Gasteiger partial charge on any atom is -0.469 e. The molecule has 6 nitrogen and oxygen atoms in total. The molecule has 0 saturated heterocycles. The first-order chi connectivity index (χ1) is 9.22. The summed E-state index contributed by atoms with van der Waals surface area (Å²) in [6.07, 6.45) is 5.52. The molecule has 2 aromatic rings. The van der Waals surface area contributed by atoms with Crippen molar-refractivity contribution in [2.45, 2.75) is 12.5 Å². The van der Waals surface area contributed by atoms with Gasteiger partial charge >= 0.3 is 5.97 Å². The summed E-state index contributed by atoms with van der Waals surface area (Å²) in [6, 6.07) is 3.53. The van der Waals surface area contributed by atoms with Crippen LogP contribution >= 0.6 is 0 Å². The Balaban J connectivity index is 2.08. The Labute approximate surface area is 111 Å². The molecule has 0 aliphatic rings. The van der Waals surface area contributed by atoms with Crippen LogP contribution in [0.5, 0.6) is 0 Å². The van der Waals surface area contributed by atoms with Gasteiger partial charge in [-0.1, -0.05) is 0 Å². The normalized spacial score (nSPS) is 12.3. The molecule has 0 amide bonds. The monoisotopic (exact) mass is 263 g/mol. The molecule has 0 aliphatic heterocycles. The topological polar surface area (TPSA) is 69.3 Å². The molecule has 2 heterocycles. The molecule has 1 N–H and O–H groups in total. The Morgan fingerprint density at radius 2 is 2.47 bits per heavy atom. The number of hydrogen-bond acceptors (Lipinski definition) is 5. The standard InChI is InChI=1S/C13H17N3O3/c1-16-8-7-15-13(16)12(10-4-3-9-19-10)14-6-5-11(17)18-2/h3-4,7-9,12,14H,5-6H2,1-2H3. The number of hydrogen-bond donors (Lipinski definition) is 1. The molecule has 6 heteroatoms. The number of nitrogens with zero attached hydrogens (tertiary/aromatic N) is 2. The third-order valence-electron chi connectivity index (χ3n) is 2.85. The number of imidazole rings is 1. The minimum atomic E-state index is -0.245. The molecular weight excluding hydrogens is 246 g/mol. The van der Waals surface area contributed by atoms with E-state index in [2.05, 4.69) is 15.0 Å². The van der Waals surface area contributed by atoms with Crippen LogP contribution in [0.1, 0.15) is 24.0 Å². The summed E-state index contributed by atoms with van der Waals surface area (Å²) in [5.74, 6) is 1.35. The van der Waals surface area contributed by atoms with E-state index < -0.39 is 0 Å². The fraction of sp³-hybridized carbons (Fsp3) is 0.385. The van der Waals surface area contributed by atoms with Crippen LogP contribution in [0.15, 0.2) is 35.2 Å². The van der Waals surface area contributed by atoms with Crippen LogP contribution in [0.25, 0.3) is 0 Å². The van der Waals surface area contributed by atoms with Crippen LogP contribution in [-0.2, 0) is 16.6 Å². The number of rotatable bonds is 6. The number of carbonyl (C=O) groups is 1. The molecule has 0 fully saturated rings. The molecule has 0 saturated carbocycles. The number of methoxy groups -OCH3 is 1. The SMILES string of the molecule is COC(=O)CCNC(c1ccco1)c1nccn1C. The van der Waals surface area contributed by atoms with E-state index in [4.69, 9.17) is 4.42 Å².